The maximum Gasteiger partial charge on any atom is 0.252 e. The van der Waals surface area contributed by atoms with Crippen molar-refractivity contribution in [1.29, 1.82) is 0 Å². The first kappa shape index (κ1) is 20.5. The van der Waals surface area contributed by atoms with Crippen LogP contribution in [-0.2, 0) is 19.6 Å². The third kappa shape index (κ3) is 4.78. The summed E-state index contributed by atoms with van der Waals surface area (Å²) in [4.78, 5) is 24.6. The summed E-state index contributed by atoms with van der Waals surface area (Å²) in [7, 11) is -3.57. The standard InChI is InChI=1S/C19H23N3O4S2/c1-13-5-10-18(27-13)28(25,26)22-11-3-4-15(12-22)19(24)21-17-8-6-16(7-9-17)20-14(2)23/h5-10,15H,3-4,11-12H2,1-2H3,(H,20,23)(H,21,24). The van der Waals surface area contributed by atoms with Gasteiger partial charge in [-0.1, -0.05) is 0 Å². The van der Waals surface area contributed by atoms with Gasteiger partial charge in [-0.15, -0.1) is 11.3 Å². The maximum atomic E-state index is 12.8. The van der Waals surface area contributed by atoms with Crippen LogP contribution in [0.4, 0.5) is 11.4 Å². The second-order valence-electron chi connectivity index (χ2n) is 6.82. The van der Waals surface area contributed by atoms with Crippen LogP contribution in [0.1, 0.15) is 24.6 Å². The van der Waals surface area contributed by atoms with Crippen molar-refractivity contribution in [3.05, 3.63) is 41.3 Å². The molecule has 1 aliphatic rings. The second kappa shape index (κ2) is 8.42. The van der Waals surface area contributed by atoms with E-state index >= 15 is 0 Å². The summed E-state index contributed by atoms with van der Waals surface area (Å²) in [6.45, 7) is 3.90. The fourth-order valence-corrected chi connectivity index (χ4v) is 6.10. The molecule has 0 radical (unpaired) electrons. The summed E-state index contributed by atoms with van der Waals surface area (Å²) in [5.41, 5.74) is 1.25. The molecule has 150 valence electrons. The fraction of sp³-hybridized carbons (Fsp3) is 0.368. The van der Waals surface area contributed by atoms with Gasteiger partial charge in [0.15, 0.2) is 0 Å². The number of nitrogens with one attached hydrogen (secondary N) is 2. The molecule has 0 bridgehead atoms. The van der Waals surface area contributed by atoms with Crippen LogP contribution >= 0.6 is 11.3 Å². The SMILES string of the molecule is CC(=O)Nc1ccc(NC(=O)C2CCCN(S(=O)(=O)c3ccc(C)s3)C2)cc1. The summed E-state index contributed by atoms with van der Waals surface area (Å²) in [6.07, 6.45) is 1.29. The second-order valence-corrected chi connectivity index (χ2v) is 10.3. The molecular weight excluding hydrogens is 398 g/mol. The number of carbonyl (C=O) groups excluding carboxylic acids is 2. The van der Waals surface area contributed by atoms with E-state index in [0.29, 0.717) is 35.0 Å². The first-order chi connectivity index (χ1) is 13.3. The van der Waals surface area contributed by atoms with Crippen molar-refractivity contribution in [2.45, 2.75) is 30.9 Å². The highest BCUT2D eigenvalue weighted by molar-refractivity contribution is 7.91. The zero-order valence-corrected chi connectivity index (χ0v) is 17.4. The van der Waals surface area contributed by atoms with Gasteiger partial charge in [0.1, 0.15) is 4.21 Å². The first-order valence-electron chi connectivity index (χ1n) is 9.01. The van der Waals surface area contributed by atoms with Crippen LogP contribution in [0.25, 0.3) is 0 Å². The maximum absolute atomic E-state index is 12.8. The van der Waals surface area contributed by atoms with E-state index in [1.165, 1.54) is 22.6 Å². The Kier molecular flexibility index (Phi) is 6.17. The van der Waals surface area contributed by atoms with Gasteiger partial charge in [0.05, 0.1) is 5.92 Å². The predicted molar refractivity (Wildman–Crippen MR) is 110 cm³/mol. The molecule has 2 amide bonds. The number of carbonyl (C=O) groups is 2. The van der Waals surface area contributed by atoms with Gasteiger partial charge in [0.2, 0.25) is 11.8 Å². The lowest BCUT2D eigenvalue weighted by Crippen LogP contribution is -2.43. The minimum Gasteiger partial charge on any atom is -0.326 e. The molecule has 0 spiro atoms. The van der Waals surface area contributed by atoms with E-state index in [2.05, 4.69) is 10.6 Å². The number of hydrogen-bond donors (Lipinski definition) is 2. The van der Waals surface area contributed by atoms with Gasteiger partial charge in [0, 0.05) is 36.3 Å². The topological polar surface area (TPSA) is 95.6 Å². The molecule has 2 N–H and O–H groups in total. The van der Waals surface area contributed by atoms with Gasteiger partial charge in [-0.25, -0.2) is 8.42 Å². The van der Waals surface area contributed by atoms with Gasteiger partial charge >= 0.3 is 0 Å². The van der Waals surface area contributed by atoms with Crippen molar-refractivity contribution in [2.75, 3.05) is 23.7 Å². The van der Waals surface area contributed by atoms with E-state index in [1.807, 2.05) is 6.92 Å². The molecule has 1 fully saturated rings. The molecule has 1 atom stereocenters. The molecule has 1 aromatic heterocycles. The minimum absolute atomic E-state index is 0.166. The van der Waals surface area contributed by atoms with Gasteiger partial charge in [-0.05, 0) is 56.2 Å². The van der Waals surface area contributed by atoms with Crippen LogP contribution in [0.5, 0.6) is 0 Å². The number of thiophene rings is 1. The van der Waals surface area contributed by atoms with Gasteiger partial charge in [-0.3, -0.25) is 9.59 Å². The zero-order valence-electron chi connectivity index (χ0n) is 15.8. The summed E-state index contributed by atoms with van der Waals surface area (Å²) < 4.78 is 27.4. The normalized spacial score (nSPS) is 17.9. The highest BCUT2D eigenvalue weighted by Crippen LogP contribution is 2.28. The number of benzene rings is 1. The molecule has 0 saturated carbocycles. The first-order valence-corrected chi connectivity index (χ1v) is 11.3. The Morgan fingerprint density at radius 2 is 1.71 bits per heavy atom. The summed E-state index contributed by atoms with van der Waals surface area (Å²) in [6, 6.07) is 10.2. The van der Waals surface area contributed by atoms with Gasteiger partial charge in [-0.2, -0.15) is 4.31 Å². The number of aryl methyl sites for hydroxylation is 1. The van der Waals surface area contributed by atoms with Crippen LogP contribution in [0.15, 0.2) is 40.6 Å². The van der Waals surface area contributed by atoms with Crippen LogP contribution < -0.4 is 10.6 Å². The van der Waals surface area contributed by atoms with Crippen molar-refractivity contribution >= 4 is 44.5 Å². The summed E-state index contributed by atoms with van der Waals surface area (Å²) in [5.74, 6) is -0.768. The number of amides is 2. The number of piperidine rings is 1. The Bertz CT molecular complexity index is 967. The minimum atomic E-state index is -3.57. The van der Waals surface area contributed by atoms with Gasteiger partial charge in [0.25, 0.3) is 10.0 Å². The van der Waals surface area contributed by atoms with Gasteiger partial charge < -0.3 is 10.6 Å². The van der Waals surface area contributed by atoms with E-state index in [4.69, 9.17) is 0 Å². The average Bonchev–Trinajstić information content (AvgIpc) is 3.10. The smallest absolute Gasteiger partial charge is 0.252 e. The quantitative estimate of drug-likeness (QED) is 0.776. The third-order valence-corrected chi connectivity index (χ3v) is 7.87. The third-order valence-electron chi connectivity index (χ3n) is 4.54. The Balaban J connectivity index is 1.65. The molecule has 1 aromatic carbocycles. The number of rotatable bonds is 5. The number of sulfonamides is 1. The van der Waals surface area contributed by atoms with Crippen LogP contribution in [0, 0.1) is 12.8 Å². The molecule has 7 nitrogen and oxygen atoms in total. The lowest BCUT2D eigenvalue weighted by atomic mass is 9.98. The van der Waals surface area contributed by atoms with E-state index < -0.39 is 15.9 Å². The Morgan fingerprint density at radius 1 is 1.07 bits per heavy atom. The van der Waals surface area contributed by atoms with Crippen molar-refractivity contribution in [1.82, 2.24) is 4.31 Å². The number of nitrogens with zero attached hydrogens (tertiary/aromatic N) is 1. The lowest BCUT2D eigenvalue weighted by Gasteiger charge is -2.30. The molecule has 1 saturated heterocycles. The van der Waals surface area contributed by atoms with Crippen molar-refractivity contribution in [3.8, 4) is 0 Å². The van der Waals surface area contributed by atoms with E-state index in [0.717, 1.165) is 4.88 Å². The fourth-order valence-electron chi connectivity index (χ4n) is 3.14. The molecule has 2 heterocycles. The average molecular weight is 422 g/mol. The molecular formula is C19H23N3O4S2. The molecule has 9 heteroatoms. The van der Waals surface area contributed by atoms with E-state index in [-0.39, 0.29) is 18.4 Å². The lowest BCUT2D eigenvalue weighted by molar-refractivity contribution is -0.121. The molecule has 3 rings (SSSR count). The Hall–Kier alpha value is -2.23. The van der Waals surface area contributed by atoms with Crippen molar-refractivity contribution < 1.29 is 18.0 Å². The van der Waals surface area contributed by atoms with Crippen LogP contribution in [0.3, 0.4) is 0 Å². The molecule has 2 aromatic rings. The highest BCUT2D eigenvalue weighted by atomic mass is 32.2. The van der Waals surface area contributed by atoms with Crippen molar-refractivity contribution in [3.63, 3.8) is 0 Å². The van der Waals surface area contributed by atoms with E-state index in [9.17, 15) is 18.0 Å². The highest BCUT2D eigenvalue weighted by Gasteiger charge is 2.34. The summed E-state index contributed by atoms with van der Waals surface area (Å²) in [5, 5.41) is 5.50. The Morgan fingerprint density at radius 3 is 2.29 bits per heavy atom. The van der Waals surface area contributed by atoms with Crippen molar-refractivity contribution in [2.24, 2.45) is 5.92 Å². The predicted octanol–water partition coefficient (Wildman–Crippen LogP) is 3.05. The Labute approximate surface area is 168 Å². The van der Waals surface area contributed by atoms with Crippen LogP contribution in [-0.4, -0.2) is 37.6 Å². The summed E-state index contributed by atoms with van der Waals surface area (Å²) >= 11 is 1.25. The monoisotopic (exact) mass is 421 g/mol. The number of anilines is 2. The zero-order chi connectivity index (χ0) is 20.3. The molecule has 1 unspecified atom stereocenters. The van der Waals surface area contributed by atoms with Crippen LogP contribution in [0.2, 0.25) is 0 Å². The molecule has 0 aliphatic carbocycles. The number of hydrogen-bond acceptors (Lipinski definition) is 5. The molecule has 1 aliphatic heterocycles. The largest absolute Gasteiger partial charge is 0.326 e. The van der Waals surface area contributed by atoms with E-state index in [1.54, 1.807) is 36.4 Å². The molecule has 28 heavy (non-hydrogen) atoms.